The Morgan fingerprint density at radius 3 is 1.70 bits per heavy atom. The molecule has 0 aromatic heterocycles. The van der Waals surface area contributed by atoms with Crippen molar-refractivity contribution in [2.24, 2.45) is 10.8 Å². The molecule has 2 rings (SSSR count). The number of allylic oxidation sites excluding steroid dienone is 1. The van der Waals surface area contributed by atoms with Crippen LogP contribution in [0.15, 0.2) is 36.1 Å². The Morgan fingerprint density at radius 2 is 1.27 bits per heavy atom. The Morgan fingerprint density at radius 1 is 0.750 bits per heavy atom. The SMILES string of the molecule is COC(=Cc1cc(C(C)C)c(OC(=O)C(C)(C)C)c(C(C)C)c1OC)C(=O)c1ccc(OC(=O)C(C)(C)C)cc1. The van der Waals surface area contributed by atoms with Gasteiger partial charge in [0.25, 0.3) is 0 Å². The Labute approximate surface area is 238 Å². The zero-order chi connectivity index (χ0) is 30.6. The molecular formula is C33H44O7. The van der Waals surface area contributed by atoms with Crippen LogP contribution in [-0.2, 0) is 14.3 Å². The molecule has 0 saturated carbocycles. The van der Waals surface area contributed by atoms with Crippen LogP contribution < -0.4 is 14.2 Å². The molecule has 0 aliphatic heterocycles. The maximum atomic E-state index is 13.4. The summed E-state index contributed by atoms with van der Waals surface area (Å²) in [6.07, 6.45) is 1.64. The second-order valence-corrected chi connectivity index (χ2v) is 12.5. The van der Waals surface area contributed by atoms with Gasteiger partial charge in [-0.05, 0) is 95.3 Å². The summed E-state index contributed by atoms with van der Waals surface area (Å²) in [6.45, 7) is 18.8. The molecular weight excluding hydrogens is 508 g/mol. The highest BCUT2D eigenvalue weighted by Gasteiger charge is 2.30. The van der Waals surface area contributed by atoms with Crippen LogP contribution in [0.25, 0.3) is 6.08 Å². The van der Waals surface area contributed by atoms with Gasteiger partial charge in [-0.1, -0.05) is 27.7 Å². The molecule has 2 aromatic carbocycles. The maximum absolute atomic E-state index is 13.4. The lowest BCUT2D eigenvalue weighted by atomic mass is 9.89. The van der Waals surface area contributed by atoms with Crippen LogP contribution in [-0.4, -0.2) is 31.9 Å². The number of methoxy groups -OCH3 is 2. The van der Waals surface area contributed by atoms with Gasteiger partial charge in [-0.2, -0.15) is 0 Å². The highest BCUT2D eigenvalue weighted by Crippen LogP contribution is 2.44. The van der Waals surface area contributed by atoms with Gasteiger partial charge in [0.15, 0.2) is 5.76 Å². The van der Waals surface area contributed by atoms with Crippen molar-refractivity contribution in [3.63, 3.8) is 0 Å². The molecule has 0 aliphatic rings. The molecule has 0 radical (unpaired) electrons. The van der Waals surface area contributed by atoms with Crippen LogP contribution in [0.5, 0.6) is 17.2 Å². The van der Waals surface area contributed by atoms with Gasteiger partial charge in [-0.15, -0.1) is 0 Å². The second-order valence-electron chi connectivity index (χ2n) is 12.5. The Bertz CT molecular complexity index is 1270. The summed E-state index contributed by atoms with van der Waals surface area (Å²) in [4.78, 5) is 38.5. The van der Waals surface area contributed by atoms with Gasteiger partial charge in [-0.3, -0.25) is 14.4 Å². The Hall–Kier alpha value is -3.61. The number of benzene rings is 2. The highest BCUT2D eigenvalue weighted by atomic mass is 16.5. The topological polar surface area (TPSA) is 88.1 Å². The molecule has 0 aliphatic carbocycles. The summed E-state index contributed by atoms with van der Waals surface area (Å²) >= 11 is 0. The van der Waals surface area contributed by atoms with Crippen molar-refractivity contribution in [2.45, 2.75) is 81.1 Å². The lowest BCUT2D eigenvalue weighted by Crippen LogP contribution is -2.27. The lowest BCUT2D eigenvalue weighted by molar-refractivity contribution is -0.143. The number of Topliss-reactive ketones (excluding diaryl/α,β-unsaturated/α-hetero) is 1. The van der Waals surface area contributed by atoms with Crippen LogP contribution in [0, 0.1) is 10.8 Å². The molecule has 0 saturated heterocycles. The number of esters is 2. The third kappa shape index (κ3) is 7.74. The van der Waals surface area contributed by atoms with E-state index in [-0.39, 0.29) is 35.3 Å². The smallest absolute Gasteiger partial charge is 0.316 e. The summed E-state index contributed by atoms with van der Waals surface area (Å²) in [5.41, 5.74) is 1.22. The molecule has 7 heteroatoms. The van der Waals surface area contributed by atoms with Crippen molar-refractivity contribution >= 4 is 23.8 Å². The maximum Gasteiger partial charge on any atom is 0.316 e. The van der Waals surface area contributed by atoms with Crippen molar-refractivity contribution in [3.05, 3.63) is 58.3 Å². The monoisotopic (exact) mass is 552 g/mol. The quantitative estimate of drug-likeness (QED) is 0.103. The predicted molar refractivity (Wildman–Crippen MR) is 157 cm³/mol. The minimum absolute atomic E-state index is 0.0170. The fourth-order valence-electron chi connectivity index (χ4n) is 3.80. The standard InChI is InChI=1S/C33H44O7/c1-19(2)24-17-22(28(38-12)26(20(3)4)29(24)40-31(36)33(8,9)10)18-25(37-11)27(34)21-13-15-23(16-14-21)39-30(35)32(5,6)7/h13-20H,1-12H3. The van der Waals surface area contributed by atoms with Crippen molar-refractivity contribution in [2.75, 3.05) is 14.2 Å². The lowest BCUT2D eigenvalue weighted by Gasteiger charge is -2.26. The number of ether oxygens (including phenoxy) is 4. The van der Waals surface area contributed by atoms with Crippen LogP contribution in [0.2, 0.25) is 0 Å². The molecule has 0 unspecified atom stereocenters. The molecule has 0 amide bonds. The molecule has 40 heavy (non-hydrogen) atoms. The normalized spacial score (nSPS) is 12.4. The minimum atomic E-state index is -0.690. The van der Waals surface area contributed by atoms with Gasteiger partial charge in [-0.25, -0.2) is 0 Å². The summed E-state index contributed by atoms with van der Waals surface area (Å²) in [5, 5.41) is 0. The van der Waals surface area contributed by atoms with E-state index in [4.69, 9.17) is 18.9 Å². The second kappa shape index (κ2) is 12.7. The summed E-state index contributed by atoms with van der Waals surface area (Å²) in [5.74, 6) is 0.357. The number of carbonyl (C=O) groups excluding carboxylic acids is 3. The zero-order valence-electron chi connectivity index (χ0n) is 26.0. The number of rotatable bonds is 9. The van der Waals surface area contributed by atoms with Gasteiger partial charge >= 0.3 is 11.9 Å². The molecule has 0 fully saturated rings. The molecule has 0 atom stereocenters. The third-order valence-corrected chi connectivity index (χ3v) is 6.20. The average molecular weight is 553 g/mol. The van der Waals surface area contributed by atoms with Crippen LogP contribution in [0.4, 0.5) is 0 Å². The summed E-state index contributed by atoms with van der Waals surface area (Å²) in [7, 11) is 2.98. The minimum Gasteiger partial charge on any atom is -0.496 e. The zero-order valence-corrected chi connectivity index (χ0v) is 26.0. The molecule has 0 spiro atoms. The largest absolute Gasteiger partial charge is 0.496 e. The Kier molecular flexibility index (Phi) is 10.4. The van der Waals surface area contributed by atoms with Crippen LogP contribution in [0.1, 0.15) is 108 Å². The van der Waals surface area contributed by atoms with E-state index in [1.165, 1.54) is 7.11 Å². The van der Waals surface area contributed by atoms with E-state index >= 15 is 0 Å². The van der Waals surface area contributed by atoms with Gasteiger partial charge in [0.05, 0.1) is 25.0 Å². The number of hydrogen-bond acceptors (Lipinski definition) is 7. The van der Waals surface area contributed by atoms with Crippen molar-refractivity contribution in [1.29, 1.82) is 0 Å². The first-order chi connectivity index (χ1) is 18.4. The van der Waals surface area contributed by atoms with Gasteiger partial charge in [0, 0.05) is 16.7 Å². The first-order valence-electron chi connectivity index (χ1n) is 13.5. The third-order valence-electron chi connectivity index (χ3n) is 6.20. The van der Waals surface area contributed by atoms with Crippen molar-refractivity contribution < 1.29 is 33.3 Å². The fourth-order valence-corrected chi connectivity index (χ4v) is 3.80. The van der Waals surface area contributed by atoms with Crippen molar-refractivity contribution in [3.8, 4) is 17.2 Å². The first kappa shape index (κ1) is 32.6. The molecule has 2 aromatic rings. The predicted octanol–water partition coefficient (Wildman–Crippen LogP) is 7.72. The van der Waals surface area contributed by atoms with Crippen LogP contribution >= 0.6 is 0 Å². The van der Waals surface area contributed by atoms with Crippen molar-refractivity contribution in [1.82, 2.24) is 0 Å². The Balaban J connectivity index is 2.61. The van der Waals surface area contributed by atoms with E-state index in [0.29, 0.717) is 28.4 Å². The van der Waals surface area contributed by atoms with E-state index in [1.54, 1.807) is 58.2 Å². The fraction of sp³-hybridized carbons (Fsp3) is 0.485. The van der Waals surface area contributed by atoms with Crippen LogP contribution in [0.3, 0.4) is 0 Å². The summed E-state index contributed by atoms with van der Waals surface area (Å²) in [6, 6.07) is 8.22. The first-order valence-corrected chi connectivity index (χ1v) is 13.5. The number of ketones is 1. The van der Waals surface area contributed by atoms with Gasteiger partial charge in [0.2, 0.25) is 5.78 Å². The average Bonchev–Trinajstić information content (AvgIpc) is 2.85. The molecule has 0 bridgehead atoms. The van der Waals surface area contributed by atoms with Gasteiger partial charge < -0.3 is 18.9 Å². The molecule has 0 N–H and O–H groups in total. The number of carbonyl (C=O) groups is 3. The summed E-state index contributed by atoms with van der Waals surface area (Å²) < 4.78 is 22.8. The van der Waals surface area contributed by atoms with E-state index in [1.807, 2.05) is 54.5 Å². The molecule has 7 nitrogen and oxygen atoms in total. The van der Waals surface area contributed by atoms with E-state index < -0.39 is 10.8 Å². The highest BCUT2D eigenvalue weighted by molar-refractivity contribution is 6.10. The van der Waals surface area contributed by atoms with E-state index in [0.717, 1.165) is 11.1 Å². The molecule has 218 valence electrons. The van der Waals surface area contributed by atoms with Gasteiger partial charge in [0.1, 0.15) is 17.2 Å². The van der Waals surface area contributed by atoms with E-state index in [2.05, 4.69) is 0 Å². The van der Waals surface area contributed by atoms with E-state index in [9.17, 15) is 14.4 Å². The molecule has 0 heterocycles. The number of hydrogen-bond donors (Lipinski definition) is 0.